The molecule has 0 spiro atoms. The van der Waals surface area contributed by atoms with Crippen LogP contribution in [0.4, 0.5) is 0 Å². The molecule has 3 aliphatic carbocycles. The lowest BCUT2D eigenvalue weighted by atomic mass is 9.43. The molecule has 0 heterocycles. The largest absolute Gasteiger partial charge is 0.456 e. The van der Waals surface area contributed by atoms with Crippen molar-refractivity contribution in [2.45, 2.75) is 188 Å². The van der Waals surface area contributed by atoms with Crippen LogP contribution in [0.2, 0.25) is 36.3 Å². The highest BCUT2D eigenvalue weighted by atomic mass is 28.4. The van der Waals surface area contributed by atoms with Crippen LogP contribution in [0, 0.1) is 34.5 Å². The quantitative estimate of drug-likeness (QED) is 0.0917. The topological polar surface area (TPSA) is 124 Å². The molecule has 352 valence electrons. The number of ether oxygens (including phenoxy) is 2. The second kappa shape index (κ2) is 19.3. The molecule has 0 aliphatic heterocycles. The molecule has 63 heavy (non-hydrogen) atoms. The fraction of sp³-hybridized carbons (Fsp3) is 0.692. The average molecular weight is 906 g/mol. The fourth-order valence-corrected chi connectivity index (χ4v) is 16.3. The lowest BCUT2D eigenvalue weighted by molar-refractivity contribution is -0.243. The number of benzene rings is 2. The zero-order valence-corrected chi connectivity index (χ0v) is 43.6. The van der Waals surface area contributed by atoms with Gasteiger partial charge >= 0.3 is 5.97 Å². The smallest absolute Gasteiger partial charge is 0.337 e. The fourth-order valence-electron chi connectivity index (χ4n) is 12.1. The Hall–Kier alpha value is -2.65. The third-order valence-corrected chi connectivity index (χ3v) is 26.3. The van der Waals surface area contributed by atoms with Gasteiger partial charge in [0.2, 0.25) is 0 Å². The summed E-state index contributed by atoms with van der Waals surface area (Å²) in [6.07, 6.45) is -2.40. The van der Waals surface area contributed by atoms with Crippen molar-refractivity contribution in [2.24, 2.45) is 34.5 Å². The average Bonchev–Trinajstić information content (AvgIpc) is 3.24. The molecule has 2 bridgehead atoms. The molecule has 2 saturated carbocycles. The molecule has 0 saturated heterocycles. The summed E-state index contributed by atoms with van der Waals surface area (Å²) in [4.78, 5) is 29.3. The number of aliphatic hydroxyl groups is 2. The van der Waals surface area contributed by atoms with E-state index >= 15 is 4.79 Å². The Morgan fingerprint density at radius 3 is 1.98 bits per heavy atom. The van der Waals surface area contributed by atoms with Crippen molar-refractivity contribution >= 4 is 28.5 Å². The minimum atomic E-state index is -2.69. The molecule has 2 aromatic rings. The summed E-state index contributed by atoms with van der Waals surface area (Å²) in [5.41, 5.74) is 0.0437. The third kappa shape index (κ3) is 9.37. The number of hydrogen-bond acceptors (Lipinski definition) is 8. The molecule has 1 amide bonds. The van der Waals surface area contributed by atoms with E-state index in [1.54, 1.807) is 12.1 Å². The van der Waals surface area contributed by atoms with Gasteiger partial charge in [-0.15, -0.1) is 0 Å². The van der Waals surface area contributed by atoms with Gasteiger partial charge in [0.05, 0.1) is 30.0 Å². The van der Waals surface area contributed by atoms with Crippen molar-refractivity contribution in [1.29, 1.82) is 0 Å². The number of amides is 1. The van der Waals surface area contributed by atoms with Crippen LogP contribution >= 0.6 is 0 Å². The van der Waals surface area contributed by atoms with Gasteiger partial charge in [0.25, 0.3) is 5.91 Å². The lowest BCUT2D eigenvalue weighted by Crippen LogP contribution is -2.70. The molecule has 0 radical (unpaired) electrons. The van der Waals surface area contributed by atoms with Gasteiger partial charge in [0, 0.05) is 35.3 Å². The molecule has 2 aromatic carbocycles. The SMILES string of the molecule is CCO[C@@H]1CC(O[Si](CC)(CC)CC)[C@]2(C)[C@@H]([C@H]1C)[C@H](C)[C@]1(O)C[C@H](OC(=O)[C@H](O[Si](C)(C)C(C)(C)C)[C@@H](NC(=O)c3ccccc3)c3ccccc3)C(C)=C([C@H](C)[C@@H]2O)C1(C)C. The van der Waals surface area contributed by atoms with Crippen LogP contribution in [0.3, 0.4) is 0 Å². The van der Waals surface area contributed by atoms with Crippen LogP contribution in [0.25, 0.3) is 0 Å². The van der Waals surface area contributed by atoms with E-state index in [1.807, 2.05) is 62.4 Å². The van der Waals surface area contributed by atoms with Crippen LogP contribution in [0.1, 0.15) is 132 Å². The summed E-state index contributed by atoms with van der Waals surface area (Å²) in [7, 11) is -4.86. The Kier molecular flexibility index (Phi) is 15.7. The Balaban J connectivity index is 1.66. The molecule has 1 unspecified atom stereocenters. The van der Waals surface area contributed by atoms with Gasteiger partial charge in [-0.2, -0.15) is 0 Å². The molecular formula is C52H83NO8Si2. The number of rotatable bonds is 15. The monoisotopic (exact) mass is 906 g/mol. The van der Waals surface area contributed by atoms with Gasteiger partial charge < -0.3 is 33.9 Å². The Morgan fingerprint density at radius 1 is 0.905 bits per heavy atom. The maximum atomic E-state index is 15.3. The van der Waals surface area contributed by atoms with Crippen molar-refractivity contribution in [1.82, 2.24) is 5.32 Å². The van der Waals surface area contributed by atoms with Crippen molar-refractivity contribution < 1.29 is 38.1 Å². The lowest BCUT2D eigenvalue weighted by Gasteiger charge is -2.66. The number of nitrogens with one attached hydrogen (secondary N) is 1. The van der Waals surface area contributed by atoms with Gasteiger partial charge in [-0.1, -0.05) is 137 Å². The number of esters is 1. The first-order valence-corrected chi connectivity index (χ1v) is 29.5. The molecular weight excluding hydrogens is 823 g/mol. The number of hydrogen-bond donors (Lipinski definition) is 3. The summed E-state index contributed by atoms with van der Waals surface area (Å²) in [5, 5.41) is 29.8. The van der Waals surface area contributed by atoms with E-state index in [-0.39, 0.29) is 47.3 Å². The third-order valence-electron chi connectivity index (χ3n) is 17.2. The first kappa shape index (κ1) is 51.3. The number of carbonyl (C=O) groups excluding carboxylic acids is 2. The van der Waals surface area contributed by atoms with E-state index in [4.69, 9.17) is 18.3 Å². The Morgan fingerprint density at radius 2 is 1.46 bits per heavy atom. The standard InChI is InChI=1S/C52H83NO8Si2/c1-17-58-39-31-41(60-63(18-2,19-3)20-4)51(14)43(33(39)5)36(8)52(57)32-40(34(6)42(50(52,12)13)35(7)46(51)54)59-48(56)45(61-62(15,16)49(9,10)11)44(37-27-23-21-24-28-37)53-47(55)38-29-25-22-26-30-38/h21-30,33,35-36,39-41,43-46,54,57H,17-20,31-32H2,1-16H3,(H,53,55)/t33-,35-,36-,39+,40-,41?,43-,44-,45+,46-,51+,52+/m0/s1. The highest BCUT2D eigenvalue weighted by molar-refractivity contribution is 6.74. The van der Waals surface area contributed by atoms with E-state index in [1.165, 1.54) is 0 Å². The minimum absolute atomic E-state index is 0.0100. The summed E-state index contributed by atoms with van der Waals surface area (Å²) < 4.78 is 27.9. The zero-order chi connectivity index (χ0) is 47.1. The number of aliphatic hydroxyl groups excluding tert-OH is 1. The number of carbonyl (C=O) groups is 2. The highest BCUT2D eigenvalue weighted by Crippen LogP contribution is 2.65. The molecule has 2 fully saturated rings. The predicted octanol–water partition coefficient (Wildman–Crippen LogP) is 11.0. The highest BCUT2D eigenvalue weighted by Gasteiger charge is 2.68. The molecule has 9 nitrogen and oxygen atoms in total. The van der Waals surface area contributed by atoms with Gasteiger partial charge in [-0.3, -0.25) is 4.79 Å². The van der Waals surface area contributed by atoms with E-state index < -0.39 is 69.3 Å². The van der Waals surface area contributed by atoms with Crippen LogP contribution in [0.5, 0.6) is 0 Å². The van der Waals surface area contributed by atoms with Gasteiger partial charge in [-0.25, -0.2) is 4.79 Å². The van der Waals surface area contributed by atoms with Crippen LogP contribution in [0.15, 0.2) is 71.8 Å². The molecule has 3 N–H and O–H groups in total. The molecule has 0 aromatic heterocycles. The first-order chi connectivity index (χ1) is 29.3. The predicted molar refractivity (Wildman–Crippen MR) is 258 cm³/mol. The van der Waals surface area contributed by atoms with E-state index in [9.17, 15) is 15.0 Å². The summed E-state index contributed by atoms with van der Waals surface area (Å²) >= 11 is 0. The molecule has 12 atom stereocenters. The maximum Gasteiger partial charge on any atom is 0.337 e. The van der Waals surface area contributed by atoms with Crippen LogP contribution in [-0.4, -0.2) is 81.5 Å². The van der Waals surface area contributed by atoms with Crippen molar-refractivity contribution in [3.8, 4) is 0 Å². The minimum Gasteiger partial charge on any atom is -0.456 e. The molecule has 11 heteroatoms. The van der Waals surface area contributed by atoms with Gasteiger partial charge in [0.1, 0.15) is 6.10 Å². The van der Waals surface area contributed by atoms with Crippen LogP contribution < -0.4 is 5.32 Å². The molecule has 5 rings (SSSR count). The van der Waals surface area contributed by atoms with E-state index in [0.29, 0.717) is 24.2 Å². The zero-order valence-electron chi connectivity index (χ0n) is 41.6. The van der Waals surface area contributed by atoms with Crippen molar-refractivity contribution in [2.75, 3.05) is 6.61 Å². The summed E-state index contributed by atoms with van der Waals surface area (Å²) in [6, 6.07) is 20.5. The van der Waals surface area contributed by atoms with E-state index in [2.05, 4.69) is 101 Å². The normalized spacial score (nSPS) is 32.2. The van der Waals surface area contributed by atoms with Crippen molar-refractivity contribution in [3.05, 3.63) is 82.9 Å². The summed E-state index contributed by atoms with van der Waals surface area (Å²) in [5.74, 6) is -1.92. The second-order valence-electron chi connectivity index (χ2n) is 21.7. The van der Waals surface area contributed by atoms with E-state index in [0.717, 1.165) is 29.3 Å². The van der Waals surface area contributed by atoms with Crippen molar-refractivity contribution in [3.63, 3.8) is 0 Å². The van der Waals surface area contributed by atoms with Gasteiger partial charge in [-0.05, 0) is 97.6 Å². The van der Waals surface area contributed by atoms with Gasteiger partial charge in [0.15, 0.2) is 22.7 Å². The maximum absolute atomic E-state index is 15.3. The Bertz CT molecular complexity index is 1900. The first-order valence-electron chi connectivity index (χ1n) is 24.0. The summed E-state index contributed by atoms with van der Waals surface area (Å²) in [6.45, 7) is 34.8. The second-order valence-corrected chi connectivity index (χ2v) is 31.1. The van der Waals surface area contributed by atoms with Crippen LogP contribution in [-0.2, 0) is 23.1 Å². The molecule has 3 aliphatic rings. The number of fused-ring (bicyclic) bond motifs is 3. The Labute approximate surface area is 382 Å².